The zero-order chi connectivity index (χ0) is 16.9. The van der Waals surface area contributed by atoms with Gasteiger partial charge in [-0.15, -0.1) is 0 Å². The third-order valence-electron chi connectivity index (χ3n) is 3.73. The Balaban J connectivity index is 2.23. The molecule has 0 bridgehead atoms. The van der Waals surface area contributed by atoms with Crippen LogP contribution in [-0.4, -0.2) is 56.3 Å². The minimum absolute atomic E-state index is 0.588. The number of hydrogen-bond acceptors (Lipinski definition) is 6. The molecule has 1 aromatic heterocycles. The van der Waals surface area contributed by atoms with Crippen molar-refractivity contribution in [1.29, 1.82) is 0 Å². The van der Waals surface area contributed by atoms with Gasteiger partial charge in [0, 0.05) is 43.5 Å². The molecule has 1 aromatic carbocycles. The van der Waals surface area contributed by atoms with E-state index in [1.54, 1.807) is 19.5 Å². The number of nitrogens with zero attached hydrogens (tertiary/aromatic N) is 5. The Morgan fingerprint density at radius 3 is 2.83 bits per heavy atom. The van der Waals surface area contributed by atoms with E-state index in [2.05, 4.69) is 26.6 Å². The summed E-state index contributed by atoms with van der Waals surface area (Å²) >= 11 is 6.38. The third kappa shape index (κ3) is 3.29. The van der Waals surface area contributed by atoms with Gasteiger partial charge in [-0.25, -0.2) is 9.97 Å². The zero-order valence-corrected chi connectivity index (χ0v) is 14.2. The van der Waals surface area contributed by atoms with Crippen LogP contribution in [0.15, 0.2) is 34.4 Å². The molecule has 1 fully saturated rings. The normalized spacial score (nSPS) is 16.1. The predicted molar refractivity (Wildman–Crippen MR) is 99.5 cm³/mol. The predicted octanol–water partition coefficient (Wildman–Crippen LogP) is 2.86. The minimum atomic E-state index is 0.588. The van der Waals surface area contributed by atoms with Crippen molar-refractivity contribution in [2.75, 3.05) is 38.3 Å². The van der Waals surface area contributed by atoms with Crippen molar-refractivity contribution in [2.45, 2.75) is 0 Å². The van der Waals surface area contributed by atoms with Crippen LogP contribution in [0.3, 0.4) is 0 Å². The summed E-state index contributed by atoms with van der Waals surface area (Å²) in [4.78, 5) is 19.5. The number of hydrogen-bond donors (Lipinski definition) is 0. The second-order valence-corrected chi connectivity index (χ2v) is 5.67. The van der Waals surface area contributed by atoms with Crippen molar-refractivity contribution in [3.63, 3.8) is 0 Å². The number of morpholine rings is 1. The Labute approximate surface area is 145 Å². The quantitative estimate of drug-likeness (QED) is 0.801. The molecular formula is C17H18ClN5O. The highest BCUT2D eigenvalue weighted by Gasteiger charge is 2.18. The molecule has 0 atom stereocenters. The van der Waals surface area contributed by atoms with E-state index in [0.717, 1.165) is 29.7 Å². The van der Waals surface area contributed by atoms with Crippen molar-refractivity contribution in [3.8, 4) is 0 Å². The summed E-state index contributed by atoms with van der Waals surface area (Å²) in [5, 5.41) is 1.44. The molecule has 0 aliphatic carbocycles. The first-order valence-electron chi connectivity index (χ1n) is 7.62. The lowest BCUT2D eigenvalue weighted by Crippen LogP contribution is -2.37. The molecule has 0 spiro atoms. The van der Waals surface area contributed by atoms with Crippen LogP contribution in [0.25, 0.3) is 16.5 Å². The molecule has 124 valence electrons. The van der Waals surface area contributed by atoms with Gasteiger partial charge in [0.05, 0.1) is 29.4 Å². The van der Waals surface area contributed by atoms with Gasteiger partial charge in [0.15, 0.2) is 0 Å². The maximum atomic E-state index is 6.38. The van der Waals surface area contributed by atoms with Crippen LogP contribution in [0.5, 0.6) is 0 Å². The molecule has 0 radical (unpaired) electrons. The molecule has 0 saturated carbocycles. The highest BCUT2D eigenvalue weighted by Crippen LogP contribution is 2.29. The Kier molecular flexibility index (Phi) is 5.17. The number of aliphatic imine (C=N–C) groups is 2. The van der Waals surface area contributed by atoms with Gasteiger partial charge < -0.3 is 9.64 Å². The largest absolute Gasteiger partial charge is 0.378 e. The van der Waals surface area contributed by atoms with Crippen LogP contribution in [-0.2, 0) is 4.74 Å². The van der Waals surface area contributed by atoms with Crippen LogP contribution >= 0.6 is 11.6 Å². The molecular weight excluding hydrogens is 326 g/mol. The van der Waals surface area contributed by atoms with Gasteiger partial charge in [0.2, 0.25) is 5.95 Å². The van der Waals surface area contributed by atoms with Crippen LogP contribution in [0.2, 0.25) is 5.02 Å². The van der Waals surface area contributed by atoms with Gasteiger partial charge in [-0.05, 0) is 12.8 Å². The average Bonchev–Trinajstić information content (AvgIpc) is 2.62. The summed E-state index contributed by atoms with van der Waals surface area (Å²) in [6.07, 6.45) is 3.35. The fourth-order valence-corrected chi connectivity index (χ4v) is 2.84. The summed E-state index contributed by atoms with van der Waals surface area (Å²) in [5.41, 5.74) is 2.21. The summed E-state index contributed by atoms with van der Waals surface area (Å²) < 4.78 is 5.41. The van der Waals surface area contributed by atoms with Crippen LogP contribution in [0, 0.1) is 0 Å². The van der Waals surface area contributed by atoms with E-state index >= 15 is 0 Å². The van der Waals surface area contributed by atoms with Crippen molar-refractivity contribution in [2.24, 2.45) is 9.98 Å². The molecule has 24 heavy (non-hydrogen) atoms. The molecule has 2 heterocycles. The zero-order valence-electron chi connectivity index (χ0n) is 13.4. The maximum absolute atomic E-state index is 6.38. The number of fused-ring (bicyclic) bond motifs is 1. The average molecular weight is 344 g/mol. The number of benzene rings is 1. The summed E-state index contributed by atoms with van der Waals surface area (Å²) in [6, 6.07) is 5.65. The second kappa shape index (κ2) is 7.51. The second-order valence-electron chi connectivity index (χ2n) is 5.26. The monoisotopic (exact) mass is 343 g/mol. The minimum Gasteiger partial charge on any atom is -0.378 e. The number of rotatable bonds is 4. The van der Waals surface area contributed by atoms with Gasteiger partial charge in [-0.2, -0.15) is 0 Å². The Hall–Kier alpha value is -2.31. The van der Waals surface area contributed by atoms with E-state index in [-0.39, 0.29) is 0 Å². The van der Waals surface area contributed by atoms with E-state index in [0.29, 0.717) is 29.7 Å². The van der Waals surface area contributed by atoms with Gasteiger partial charge in [0.25, 0.3) is 0 Å². The molecule has 1 saturated heterocycles. The van der Waals surface area contributed by atoms with E-state index in [4.69, 9.17) is 21.3 Å². The number of ether oxygens (including phenoxy) is 1. The first-order chi connectivity index (χ1) is 11.7. The lowest BCUT2D eigenvalue weighted by atomic mass is 10.1. The SMILES string of the molecule is C=N/C=C(\C=NC)c1nc(N2CCOCC2)nc2c(Cl)cccc12. The van der Waals surface area contributed by atoms with Crippen LogP contribution < -0.4 is 4.90 Å². The van der Waals surface area contributed by atoms with Gasteiger partial charge in [-0.1, -0.05) is 23.7 Å². The molecule has 0 N–H and O–H groups in total. The van der Waals surface area contributed by atoms with Gasteiger partial charge in [0.1, 0.15) is 0 Å². The molecule has 2 aromatic rings. The van der Waals surface area contributed by atoms with Crippen molar-refractivity contribution in [1.82, 2.24) is 9.97 Å². The van der Waals surface area contributed by atoms with E-state index in [1.807, 2.05) is 18.2 Å². The molecule has 0 unspecified atom stereocenters. The molecule has 7 heteroatoms. The van der Waals surface area contributed by atoms with Crippen LogP contribution in [0.1, 0.15) is 5.69 Å². The van der Waals surface area contributed by atoms with Crippen molar-refractivity contribution in [3.05, 3.63) is 35.1 Å². The summed E-state index contributed by atoms with van der Waals surface area (Å²) in [5.74, 6) is 0.633. The van der Waals surface area contributed by atoms with Crippen molar-refractivity contribution >= 4 is 47.0 Å². The highest BCUT2D eigenvalue weighted by molar-refractivity contribution is 6.35. The fourth-order valence-electron chi connectivity index (χ4n) is 2.62. The van der Waals surface area contributed by atoms with Crippen molar-refractivity contribution < 1.29 is 4.74 Å². The van der Waals surface area contributed by atoms with E-state index in [9.17, 15) is 0 Å². The topological polar surface area (TPSA) is 63.0 Å². The number of allylic oxidation sites excluding steroid dienone is 1. The Bertz CT molecular complexity index is 812. The number of halogens is 1. The number of para-hydroxylation sites is 1. The Morgan fingerprint density at radius 1 is 1.33 bits per heavy atom. The number of aromatic nitrogens is 2. The van der Waals surface area contributed by atoms with Crippen LogP contribution in [0.4, 0.5) is 5.95 Å². The smallest absolute Gasteiger partial charge is 0.226 e. The molecule has 1 aliphatic heterocycles. The lowest BCUT2D eigenvalue weighted by Gasteiger charge is -2.27. The first-order valence-corrected chi connectivity index (χ1v) is 8.00. The highest BCUT2D eigenvalue weighted by atomic mass is 35.5. The third-order valence-corrected chi connectivity index (χ3v) is 4.04. The molecule has 6 nitrogen and oxygen atoms in total. The fraction of sp³-hybridized carbons (Fsp3) is 0.294. The van der Waals surface area contributed by atoms with Gasteiger partial charge >= 0.3 is 0 Å². The summed E-state index contributed by atoms with van der Waals surface area (Å²) in [7, 11) is 1.70. The number of anilines is 1. The van der Waals surface area contributed by atoms with Gasteiger partial charge in [-0.3, -0.25) is 9.98 Å². The first kappa shape index (κ1) is 16.5. The maximum Gasteiger partial charge on any atom is 0.226 e. The Morgan fingerprint density at radius 2 is 2.12 bits per heavy atom. The standard InChI is InChI=1S/C17H18ClN5O/c1-19-10-12(11-20-2)15-13-4-3-5-14(18)16(13)22-17(21-15)23-6-8-24-9-7-23/h3-5,10-11H,1,6-9H2,2H3/b12-10+,20-11?. The molecule has 3 rings (SSSR count). The molecule has 0 amide bonds. The van der Waals surface area contributed by atoms with E-state index < -0.39 is 0 Å². The van der Waals surface area contributed by atoms with E-state index in [1.165, 1.54) is 0 Å². The lowest BCUT2D eigenvalue weighted by molar-refractivity contribution is 0.122. The summed E-state index contributed by atoms with van der Waals surface area (Å²) in [6.45, 7) is 6.34. The molecule has 1 aliphatic rings.